The molecule has 0 fully saturated rings. The molecule has 0 aliphatic rings. The monoisotopic (exact) mass is 144 g/mol. The molecule has 0 spiro atoms. The second kappa shape index (κ2) is 7.88. The summed E-state index contributed by atoms with van der Waals surface area (Å²) in [5.74, 6) is -0.662. The topological polar surface area (TPSA) is 54.4 Å². The number of rotatable bonds is 2. The highest BCUT2D eigenvalue weighted by Gasteiger charge is 1.84. The lowest BCUT2D eigenvalue weighted by Crippen LogP contribution is -1.88. The first kappa shape index (κ1) is 11.6. The Hall–Kier alpha value is -1.12. The van der Waals surface area contributed by atoms with Crippen molar-refractivity contribution in [1.82, 2.24) is 0 Å². The van der Waals surface area contributed by atoms with Crippen LogP contribution < -0.4 is 0 Å². The van der Waals surface area contributed by atoms with Crippen LogP contribution in [-0.4, -0.2) is 16.9 Å². The van der Waals surface area contributed by atoms with Gasteiger partial charge in [0.05, 0.1) is 6.42 Å². The van der Waals surface area contributed by atoms with E-state index in [2.05, 4.69) is 6.58 Å². The SMILES string of the molecule is C=CCC(=O)O.CC(C)=O. The normalized spacial score (nSPS) is 7.00. The van der Waals surface area contributed by atoms with Gasteiger partial charge in [-0.25, -0.2) is 0 Å². The van der Waals surface area contributed by atoms with Gasteiger partial charge in [0.1, 0.15) is 5.78 Å². The molecule has 0 heterocycles. The average Bonchev–Trinajstić information content (AvgIpc) is 1.62. The number of carbonyl (C=O) groups is 2. The minimum absolute atomic E-state index is 0.0556. The van der Waals surface area contributed by atoms with Crippen molar-refractivity contribution in [3.05, 3.63) is 12.7 Å². The Morgan fingerprint density at radius 1 is 1.50 bits per heavy atom. The molecule has 0 aliphatic carbocycles. The van der Waals surface area contributed by atoms with E-state index >= 15 is 0 Å². The van der Waals surface area contributed by atoms with Gasteiger partial charge in [0.2, 0.25) is 0 Å². The van der Waals surface area contributed by atoms with Gasteiger partial charge in [0.25, 0.3) is 0 Å². The predicted molar refractivity (Wildman–Crippen MR) is 38.8 cm³/mol. The number of hydrogen-bond donors (Lipinski definition) is 1. The zero-order valence-corrected chi connectivity index (χ0v) is 6.26. The summed E-state index contributed by atoms with van der Waals surface area (Å²) < 4.78 is 0. The maximum Gasteiger partial charge on any atom is 0.307 e. The van der Waals surface area contributed by atoms with Crippen molar-refractivity contribution in [1.29, 1.82) is 0 Å². The molecular formula is C7H12O3. The van der Waals surface area contributed by atoms with Gasteiger partial charge in [-0.15, -0.1) is 6.58 Å². The number of aliphatic carboxylic acids is 1. The molecular weight excluding hydrogens is 132 g/mol. The maximum atomic E-state index is 9.53. The van der Waals surface area contributed by atoms with E-state index in [1.807, 2.05) is 0 Å². The van der Waals surface area contributed by atoms with E-state index in [0.29, 0.717) is 0 Å². The van der Waals surface area contributed by atoms with Gasteiger partial charge >= 0.3 is 5.97 Å². The van der Waals surface area contributed by atoms with E-state index in [-0.39, 0.29) is 12.2 Å². The van der Waals surface area contributed by atoms with Crippen LogP contribution in [0.25, 0.3) is 0 Å². The van der Waals surface area contributed by atoms with Crippen LogP contribution in [0, 0.1) is 0 Å². The quantitative estimate of drug-likeness (QED) is 0.593. The van der Waals surface area contributed by atoms with Crippen molar-refractivity contribution in [3.8, 4) is 0 Å². The van der Waals surface area contributed by atoms with Gasteiger partial charge in [-0.05, 0) is 13.8 Å². The molecule has 1 N–H and O–H groups in total. The molecule has 3 heteroatoms. The third kappa shape index (κ3) is 67.3. The Kier molecular flexibility index (Phi) is 9.18. The zero-order valence-electron chi connectivity index (χ0n) is 6.26. The number of carbonyl (C=O) groups excluding carboxylic acids is 1. The van der Waals surface area contributed by atoms with Crippen molar-refractivity contribution in [3.63, 3.8) is 0 Å². The smallest absolute Gasteiger partial charge is 0.307 e. The van der Waals surface area contributed by atoms with Gasteiger partial charge in [0, 0.05) is 0 Å². The van der Waals surface area contributed by atoms with Gasteiger partial charge in [-0.1, -0.05) is 6.08 Å². The summed E-state index contributed by atoms with van der Waals surface area (Å²) in [5, 5.41) is 7.84. The Bertz CT molecular complexity index is 123. The summed E-state index contributed by atoms with van der Waals surface area (Å²) in [6, 6.07) is 0. The highest BCUT2D eigenvalue weighted by atomic mass is 16.4. The van der Waals surface area contributed by atoms with Crippen LogP contribution in [0.2, 0.25) is 0 Å². The fourth-order valence-corrected chi connectivity index (χ4v) is 0.123. The van der Waals surface area contributed by atoms with Crippen molar-refractivity contribution < 1.29 is 14.7 Å². The van der Waals surface area contributed by atoms with Crippen LogP contribution in [0.4, 0.5) is 0 Å². The Balaban J connectivity index is 0. The molecule has 0 radical (unpaired) electrons. The van der Waals surface area contributed by atoms with Crippen LogP contribution >= 0.6 is 0 Å². The summed E-state index contributed by atoms with van der Waals surface area (Å²) in [4.78, 5) is 19.0. The Labute approximate surface area is 60.4 Å². The molecule has 0 amide bonds. The molecule has 10 heavy (non-hydrogen) atoms. The summed E-state index contributed by atoms with van der Waals surface area (Å²) >= 11 is 0. The van der Waals surface area contributed by atoms with Gasteiger partial charge in [-0.3, -0.25) is 4.79 Å². The van der Waals surface area contributed by atoms with Crippen LogP contribution in [0.15, 0.2) is 12.7 Å². The lowest BCUT2D eigenvalue weighted by atomic mass is 10.4. The first-order chi connectivity index (χ1) is 4.50. The summed E-state index contributed by atoms with van der Waals surface area (Å²) in [5.41, 5.74) is 0. The van der Waals surface area contributed by atoms with Gasteiger partial charge in [-0.2, -0.15) is 0 Å². The van der Waals surface area contributed by atoms with E-state index < -0.39 is 5.97 Å². The molecule has 0 aromatic carbocycles. The molecule has 0 bridgehead atoms. The van der Waals surface area contributed by atoms with E-state index in [4.69, 9.17) is 5.11 Å². The van der Waals surface area contributed by atoms with Crippen LogP contribution in [0.5, 0.6) is 0 Å². The molecule has 0 rings (SSSR count). The highest BCUT2D eigenvalue weighted by molar-refractivity contribution is 5.72. The number of carboxylic acids is 1. The standard InChI is InChI=1S/C4H6O2.C3H6O/c1-2-3-4(5)6;1-3(2)4/h2H,1,3H2,(H,5,6);1-2H3. The average molecular weight is 144 g/mol. The second-order valence-corrected chi connectivity index (χ2v) is 1.79. The Morgan fingerprint density at radius 3 is 1.80 bits per heavy atom. The second-order valence-electron chi connectivity index (χ2n) is 1.79. The molecule has 0 aliphatic heterocycles. The minimum Gasteiger partial charge on any atom is -0.481 e. The van der Waals surface area contributed by atoms with Crippen molar-refractivity contribution in [2.45, 2.75) is 20.3 Å². The van der Waals surface area contributed by atoms with E-state index in [1.54, 1.807) is 0 Å². The highest BCUT2D eigenvalue weighted by Crippen LogP contribution is 1.74. The summed E-state index contributed by atoms with van der Waals surface area (Å²) in [7, 11) is 0. The van der Waals surface area contributed by atoms with Crippen LogP contribution in [-0.2, 0) is 9.59 Å². The molecule has 0 saturated heterocycles. The van der Waals surface area contributed by atoms with Crippen molar-refractivity contribution in [2.75, 3.05) is 0 Å². The number of carboxylic acid groups (broad SMARTS) is 1. The summed E-state index contributed by atoms with van der Waals surface area (Å²) in [6.07, 6.45) is 1.41. The third-order valence-corrected chi connectivity index (χ3v) is 0.319. The fraction of sp³-hybridized carbons (Fsp3) is 0.429. The lowest BCUT2D eigenvalue weighted by Gasteiger charge is -1.75. The third-order valence-electron chi connectivity index (χ3n) is 0.319. The van der Waals surface area contributed by atoms with E-state index in [9.17, 15) is 9.59 Å². The van der Waals surface area contributed by atoms with Crippen molar-refractivity contribution in [2.24, 2.45) is 0 Å². The lowest BCUT2D eigenvalue weighted by molar-refractivity contribution is -0.136. The fourth-order valence-electron chi connectivity index (χ4n) is 0.123. The molecule has 3 nitrogen and oxygen atoms in total. The molecule has 0 aromatic rings. The first-order valence-corrected chi connectivity index (χ1v) is 2.80. The maximum absolute atomic E-state index is 9.53. The van der Waals surface area contributed by atoms with Gasteiger partial charge < -0.3 is 9.90 Å². The minimum atomic E-state index is -0.829. The predicted octanol–water partition coefficient (Wildman–Crippen LogP) is 1.24. The molecule has 0 saturated carbocycles. The number of Topliss-reactive ketones (excluding diaryl/α,β-unsaturated/α-hetero) is 1. The largest absolute Gasteiger partial charge is 0.481 e. The number of ketones is 1. The van der Waals surface area contributed by atoms with Crippen LogP contribution in [0.1, 0.15) is 20.3 Å². The Morgan fingerprint density at radius 2 is 1.80 bits per heavy atom. The van der Waals surface area contributed by atoms with Gasteiger partial charge in [0.15, 0.2) is 0 Å². The van der Waals surface area contributed by atoms with E-state index in [0.717, 1.165) is 0 Å². The molecule has 58 valence electrons. The summed E-state index contributed by atoms with van der Waals surface area (Å²) in [6.45, 7) is 6.28. The zero-order chi connectivity index (χ0) is 8.57. The van der Waals surface area contributed by atoms with Crippen LogP contribution in [0.3, 0.4) is 0 Å². The number of hydrogen-bond acceptors (Lipinski definition) is 2. The molecule has 0 atom stereocenters. The molecule has 0 aromatic heterocycles. The molecule has 0 unspecified atom stereocenters. The first-order valence-electron chi connectivity index (χ1n) is 2.80. The van der Waals surface area contributed by atoms with Crippen molar-refractivity contribution >= 4 is 11.8 Å². The van der Waals surface area contributed by atoms with E-state index in [1.165, 1.54) is 19.9 Å².